The smallest absolute Gasteiger partial charge is 0.385 e. The number of hydrogen-bond acceptors (Lipinski definition) is 6. The summed E-state index contributed by atoms with van der Waals surface area (Å²) in [6.07, 6.45) is -0.142. The molecule has 0 fully saturated rings. The van der Waals surface area contributed by atoms with Crippen LogP contribution in [0.1, 0.15) is 13.8 Å². The lowest BCUT2D eigenvalue weighted by atomic mass is 10.5. The van der Waals surface area contributed by atoms with E-state index in [9.17, 15) is 13.2 Å². The number of nitrogens with zero attached hydrogens (tertiary/aromatic N) is 1. The number of hydrogen-bond donors (Lipinski definition) is 1. The van der Waals surface area contributed by atoms with Crippen LogP contribution < -0.4 is 0 Å². The summed E-state index contributed by atoms with van der Waals surface area (Å²) in [6, 6.07) is 0. The molecule has 0 aromatic rings. The number of ether oxygens (including phenoxy) is 1. The molecule has 0 aliphatic carbocycles. The van der Waals surface area contributed by atoms with Crippen LogP contribution in [0.25, 0.3) is 0 Å². The first-order valence-corrected chi connectivity index (χ1v) is 5.57. The van der Waals surface area contributed by atoms with Gasteiger partial charge >= 0.3 is 16.3 Å². The van der Waals surface area contributed by atoms with E-state index >= 15 is 0 Å². The van der Waals surface area contributed by atoms with Crippen LogP contribution in [0.2, 0.25) is 0 Å². The third-order valence-electron chi connectivity index (χ3n) is 1.30. The van der Waals surface area contributed by atoms with Gasteiger partial charge in [-0.2, -0.15) is 8.42 Å². The van der Waals surface area contributed by atoms with Crippen molar-refractivity contribution in [3.63, 3.8) is 0 Å². The first-order valence-electron chi connectivity index (χ1n) is 4.20. The van der Waals surface area contributed by atoms with Crippen molar-refractivity contribution in [1.82, 2.24) is 4.31 Å². The van der Waals surface area contributed by atoms with Gasteiger partial charge < -0.3 is 14.0 Å². The van der Waals surface area contributed by atoms with Crippen LogP contribution >= 0.6 is 0 Å². The molecule has 1 N–H and O–H groups in total. The molecule has 0 saturated heterocycles. The molecule has 0 aromatic heterocycles. The molecule has 0 heterocycles. The van der Waals surface area contributed by atoms with Crippen LogP contribution in [0.15, 0.2) is 0 Å². The topological polar surface area (TPSA) is 93.1 Å². The predicted molar refractivity (Wildman–Crippen MR) is 50.9 cm³/mol. The SMILES string of the molecule is CC(C)OCN(C)S(=O)(=O)OC(=O)CO. The summed E-state index contributed by atoms with van der Waals surface area (Å²) in [5.74, 6) is -1.23. The van der Waals surface area contributed by atoms with Gasteiger partial charge in [0.2, 0.25) is 0 Å². The molecule has 8 heteroatoms. The molecule has 0 aliphatic rings. The third kappa shape index (κ3) is 5.67. The summed E-state index contributed by atoms with van der Waals surface area (Å²) in [4.78, 5) is 10.6. The minimum atomic E-state index is -4.17. The van der Waals surface area contributed by atoms with Crippen molar-refractivity contribution < 1.29 is 27.2 Å². The van der Waals surface area contributed by atoms with Crippen LogP contribution in [0, 0.1) is 0 Å². The largest absolute Gasteiger partial charge is 0.389 e. The normalized spacial score (nSPS) is 12.1. The van der Waals surface area contributed by atoms with E-state index in [1.54, 1.807) is 13.8 Å². The fourth-order valence-electron chi connectivity index (χ4n) is 0.526. The molecule has 0 aromatic carbocycles. The van der Waals surface area contributed by atoms with Gasteiger partial charge in [0, 0.05) is 7.05 Å². The standard InChI is InChI=1S/C7H15NO6S/c1-6(2)13-5-8(3)15(11,12)14-7(10)4-9/h6,9H,4-5H2,1-3H3. The van der Waals surface area contributed by atoms with Crippen LogP contribution in [-0.4, -0.2) is 50.3 Å². The Kier molecular flexibility index (Phi) is 5.73. The quantitative estimate of drug-likeness (QED) is 0.604. The maximum atomic E-state index is 11.2. The zero-order valence-electron chi connectivity index (χ0n) is 8.84. The second-order valence-electron chi connectivity index (χ2n) is 3.01. The number of aliphatic hydroxyl groups excluding tert-OH is 1. The lowest BCUT2D eigenvalue weighted by molar-refractivity contribution is -0.137. The van der Waals surface area contributed by atoms with Gasteiger partial charge in [-0.1, -0.05) is 0 Å². The molecule has 15 heavy (non-hydrogen) atoms. The molecule has 0 saturated carbocycles. The molecule has 0 amide bonds. The van der Waals surface area contributed by atoms with E-state index in [4.69, 9.17) is 9.84 Å². The highest BCUT2D eigenvalue weighted by Crippen LogP contribution is 2.02. The van der Waals surface area contributed by atoms with Crippen molar-refractivity contribution in [1.29, 1.82) is 0 Å². The second-order valence-corrected chi connectivity index (χ2v) is 4.66. The fourth-order valence-corrected chi connectivity index (χ4v) is 1.13. The maximum Gasteiger partial charge on any atom is 0.389 e. The number of aliphatic hydroxyl groups is 1. The summed E-state index contributed by atoms with van der Waals surface area (Å²) >= 11 is 0. The van der Waals surface area contributed by atoms with Crippen molar-refractivity contribution in [3.05, 3.63) is 0 Å². The van der Waals surface area contributed by atoms with E-state index in [2.05, 4.69) is 4.18 Å². The zero-order chi connectivity index (χ0) is 12.1. The average Bonchev–Trinajstić information content (AvgIpc) is 2.13. The van der Waals surface area contributed by atoms with E-state index < -0.39 is 22.9 Å². The molecular weight excluding hydrogens is 226 g/mol. The van der Waals surface area contributed by atoms with Gasteiger partial charge in [0.05, 0.1) is 6.10 Å². The van der Waals surface area contributed by atoms with Gasteiger partial charge in [-0.15, -0.1) is 4.31 Å². The Morgan fingerprint density at radius 1 is 1.47 bits per heavy atom. The summed E-state index contributed by atoms with van der Waals surface area (Å²) in [6.45, 7) is 2.26. The second kappa shape index (κ2) is 6.01. The first kappa shape index (κ1) is 14.3. The van der Waals surface area contributed by atoms with Crippen molar-refractivity contribution in [2.24, 2.45) is 0 Å². The Labute approximate surface area is 88.8 Å². The molecule has 0 spiro atoms. The molecule has 0 bridgehead atoms. The maximum absolute atomic E-state index is 11.2. The monoisotopic (exact) mass is 241 g/mol. The Bertz CT molecular complexity index is 299. The van der Waals surface area contributed by atoms with E-state index in [1.165, 1.54) is 7.05 Å². The minimum absolute atomic E-state index is 0.142. The molecule has 90 valence electrons. The van der Waals surface area contributed by atoms with Gasteiger partial charge in [0.25, 0.3) is 0 Å². The van der Waals surface area contributed by atoms with E-state index in [0.717, 1.165) is 4.31 Å². The summed E-state index contributed by atoms with van der Waals surface area (Å²) in [5, 5.41) is 8.31. The number of carbonyl (C=O) groups is 1. The molecule has 0 atom stereocenters. The highest BCUT2D eigenvalue weighted by atomic mass is 32.2. The van der Waals surface area contributed by atoms with E-state index in [1.807, 2.05) is 0 Å². The average molecular weight is 241 g/mol. The summed E-state index contributed by atoms with van der Waals surface area (Å²) in [5.41, 5.74) is 0. The molecule has 0 radical (unpaired) electrons. The van der Waals surface area contributed by atoms with Gasteiger partial charge in [-0.05, 0) is 13.8 Å². The number of rotatable bonds is 6. The lowest BCUT2D eigenvalue weighted by Crippen LogP contribution is -2.34. The molecule has 0 unspecified atom stereocenters. The fraction of sp³-hybridized carbons (Fsp3) is 0.857. The zero-order valence-corrected chi connectivity index (χ0v) is 9.65. The van der Waals surface area contributed by atoms with Crippen LogP contribution in [0.5, 0.6) is 0 Å². The Hall–Kier alpha value is -0.700. The van der Waals surface area contributed by atoms with E-state index in [-0.39, 0.29) is 12.8 Å². The molecule has 0 rings (SSSR count). The third-order valence-corrected chi connectivity index (χ3v) is 2.56. The van der Waals surface area contributed by atoms with Crippen molar-refractivity contribution in [2.45, 2.75) is 20.0 Å². The Balaban J connectivity index is 4.27. The number of carbonyl (C=O) groups excluding carboxylic acids is 1. The van der Waals surface area contributed by atoms with E-state index in [0.29, 0.717) is 0 Å². The molecular formula is C7H15NO6S. The van der Waals surface area contributed by atoms with Crippen molar-refractivity contribution in [2.75, 3.05) is 20.4 Å². The van der Waals surface area contributed by atoms with Crippen molar-refractivity contribution in [3.8, 4) is 0 Å². The van der Waals surface area contributed by atoms with Gasteiger partial charge in [0.1, 0.15) is 13.3 Å². The Morgan fingerprint density at radius 3 is 2.40 bits per heavy atom. The van der Waals surface area contributed by atoms with Gasteiger partial charge in [-0.25, -0.2) is 4.79 Å². The first-order chi connectivity index (χ1) is 6.79. The predicted octanol–water partition coefficient (Wildman–Crippen LogP) is -0.919. The lowest BCUT2D eigenvalue weighted by Gasteiger charge is -2.17. The highest BCUT2D eigenvalue weighted by Gasteiger charge is 2.22. The van der Waals surface area contributed by atoms with Crippen LogP contribution in [-0.2, 0) is 24.0 Å². The van der Waals surface area contributed by atoms with Gasteiger partial charge in [0.15, 0.2) is 0 Å². The van der Waals surface area contributed by atoms with Crippen molar-refractivity contribution >= 4 is 16.3 Å². The van der Waals surface area contributed by atoms with Gasteiger partial charge in [-0.3, -0.25) is 0 Å². The summed E-state index contributed by atoms with van der Waals surface area (Å²) in [7, 11) is -2.97. The van der Waals surface area contributed by atoms with Crippen LogP contribution in [0.4, 0.5) is 0 Å². The highest BCUT2D eigenvalue weighted by molar-refractivity contribution is 7.84. The molecule has 7 nitrogen and oxygen atoms in total. The van der Waals surface area contributed by atoms with Crippen LogP contribution in [0.3, 0.4) is 0 Å². The summed E-state index contributed by atoms with van der Waals surface area (Å²) < 4.78 is 32.1. The Morgan fingerprint density at radius 2 is 2.00 bits per heavy atom. The molecule has 0 aliphatic heterocycles. The minimum Gasteiger partial charge on any atom is -0.385 e.